The molecule has 0 unspecified atom stereocenters. The van der Waals surface area contributed by atoms with E-state index in [4.69, 9.17) is 23.7 Å². The van der Waals surface area contributed by atoms with Crippen LogP contribution in [-0.4, -0.2) is 60.3 Å². The predicted octanol–water partition coefficient (Wildman–Crippen LogP) is 2.14. The van der Waals surface area contributed by atoms with Crippen molar-refractivity contribution in [1.82, 2.24) is 0 Å². The molecule has 0 radical (unpaired) electrons. The first-order chi connectivity index (χ1) is 15.1. The largest absolute Gasteiger partial charge is 0.463 e. The minimum atomic E-state index is -1.24. The Kier molecular flexibility index (Phi) is 9.45. The third-order valence-corrected chi connectivity index (χ3v) is 5.49. The minimum absolute atomic E-state index is 0.139. The van der Waals surface area contributed by atoms with Crippen molar-refractivity contribution in [2.75, 3.05) is 6.61 Å². The number of ether oxygens (including phenoxy) is 5. The second-order valence-electron chi connectivity index (χ2n) is 6.97. The van der Waals surface area contributed by atoms with E-state index in [1.807, 2.05) is 0 Å². The van der Waals surface area contributed by atoms with Gasteiger partial charge in [0.15, 0.2) is 18.3 Å². The molecule has 0 N–H and O–H groups in total. The highest BCUT2D eigenvalue weighted by atomic mass is 32.2. The second-order valence-corrected chi connectivity index (χ2v) is 8.06. The van der Waals surface area contributed by atoms with Crippen molar-refractivity contribution in [1.29, 1.82) is 0 Å². The molecule has 5 atom stereocenters. The van der Waals surface area contributed by atoms with Crippen LogP contribution in [-0.2, 0) is 48.6 Å². The summed E-state index contributed by atoms with van der Waals surface area (Å²) in [7, 11) is 0. The first kappa shape index (κ1) is 25.6. The molecule has 176 valence electrons. The average molecular weight is 472 g/mol. The number of carbonyl (C=O) groups is 4. The van der Waals surface area contributed by atoms with E-state index in [0.29, 0.717) is 5.56 Å². The molecule has 0 spiro atoms. The van der Waals surface area contributed by atoms with Crippen LogP contribution < -0.4 is 0 Å². The highest BCUT2D eigenvalue weighted by molar-refractivity contribution is 7.99. The van der Waals surface area contributed by atoms with Gasteiger partial charge >= 0.3 is 23.9 Å². The van der Waals surface area contributed by atoms with Crippen LogP contribution in [0.25, 0.3) is 0 Å². The number of carbonyl (C=O) groups excluding carboxylic acids is 4. The third-order valence-electron chi connectivity index (χ3n) is 4.31. The summed E-state index contributed by atoms with van der Waals surface area (Å²) in [6.45, 7) is 4.34. The van der Waals surface area contributed by atoms with Crippen molar-refractivity contribution in [3.05, 3.63) is 35.6 Å². The predicted molar refractivity (Wildman–Crippen MR) is 110 cm³/mol. The molecule has 32 heavy (non-hydrogen) atoms. The summed E-state index contributed by atoms with van der Waals surface area (Å²) in [5, 5.41) is 0. The minimum Gasteiger partial charge on any atom is -0.463 e. The zero-order valence-corrected chi connectivity index (χ0v) is 18.9. The number of hydrogen-bond donors (Lipinski definition) is 0. The van der Waals surface area contributed by atoms with Gasteiger partial charge in [-0.2, -0.15) is 0 Å². The fourth-order valence-corrected chi connectivity index (χ4v) is 4.31. The quantitative estimate of drug-likeness (QED) is 0.412. The van der Waals surface area contributed by atoms with Crippen molar-refractivity contribution in [3.8, 4) is 0 Å². The van der Waals surface area contributed by atoms with Crippen molar-refractivity contribution in [2.24, 2.45) is 0 Å². The lowest BCUT2D eigenvalue weighted by molar-refractivity contribution is -0.237. The van der Waals surface area contributed by atoms with Gasteiger partial charge in [0.25, 0.3) is 0 Å². The lowest BCUT2D eigenvalue weighted by Gasteiger charge is -2.44. The molecule has 9 nitrogen and oxygen atoms in total. The van der Waals surface area contributed by atoms with E-state index < -0.39 is 59.5 Å². The molecule has 1 heterocycles. The molecule has 0 aliphatic carbocycles. The van der Waals surface area contributed by atoms with E-state index in [9.17, 15) is 23.6 Å². The van der Waals surface area contributed by atoms with E-state index in [0.717, 1.165) is 32.5 Å². The standard InChI is InChI=1S/C21H25FO9S/c1-11(23)27-9-17-18(28-12(2)24)19(29-13(3)25)20(30-14(4)26)21(31-17)32-10-15-7-5-6-8-16(15)22/h5-8,17-21H,9-10H2,1-4H3/t17-,18-,19-,20+,21+/m0/s1. The molecule has 1 aromatic carbocycles. The van der Waals surface area contributed by atoms with Crippen LogP contribution in [0.3, 0.4) is 0 Å². The summed E-state index contributed by atoms with van der Waals surface area (Å²) in [6.07, 6.45) is -4.67. The summed E-state index contributed by atoms with van der Waals surface area (Å²) >= 11 is 1.09. The van der Waals surface area contributed by atoms with Crippen molar-refractivity contribution in [3.63, 3.8) is 0 Å². The van der Waals surface area contributed by atoms with Crippen LogP contribution in [0.2, 0.25) is 0 Å². The Balaban J connectivity index is 2.37. The molecule has 1 saturated heterocycles. The van der Waals surface area contributed by atoms with Crippen molar-refractivity contribution >= 4 is 35.6 Å². The van der Waals surface area contributed by atoms with Crippen molar-refractivity contribution in [2.45, 2.75) is 63.3 Å². The molecule has 1 aliphatic heterocycles. The average Bonchev–Trinajstić information content (AvgIpc) is 2.68. The topological polar surface area (TPSA) is 114 Å². The summed E-state index contributed by atoms with van der Waals surface area (Å²) in [5.41, 5.74) is -0.569. The SMILES string of the molecule is CC(=O)OC[C@@H]1O[C@H](SCc2ccccc2F)[C@H](OC(C)=O)[C@@H](OC(C)=O)[C@H]1OC(C)=O. The number of rotatable bonds is 8. The number of halogens is 1. The van der Waals surface area contributed by atoms with E-state index in [2.05, 4.69) is 0 Å². The van der Waals surface area contributed by atoms with Gasteiger partial charge in [0.2, 0.25) is 0 Å². The Morgan fingerprint density at radius 2 is 1.44 bits per heavy atom. The molecule has 1 aliphatic rings. The number of benzene rings is 1. The smallest absolute Gasteiger partial charge is 0.303 e. The van der Waals surface area contributed by atoms with Gasteiger partial charge in [-0.05, 0) is 11.6 Å². The number of hydrogen-bond acceptors (Lipinski definition) is 10. The molecular weight excluding hydrogens is 447 g/mol. The first-order valence-electron chi connectivity index (χ1n) is 9.74. The van der Waals surface area contributed by atoms with Gasteiger partial charge in [-0.3, -0.25) is 19.2 Å². The normalized spacial score (nSPS) is 24.8. The van der Waals surface area contributed by atoms with Gasteiger partial charge in [-0.1, -0.05) is 18.2 Å². The Labute approximate surface area is 188 Å². The highest BCUT2D eigenvalue weighted by Crippen LogP contribution is 2.36. The Bertz CT molecular complexity index is 846. The zero-order chi connectivity index (χ0) is 23.8. The van der Waals surface area contributed by atoms with E-state index >= 15 is 0 Å². The Morgan fingerprint density at radius 3 is 2.00 bits per heavy atom. The van der Waals surface area contributed by atoms with E-state index in [-0.39, 0.29) is 12.4 Å². The molecule has 0 saturated carbocycles. The molecular formula is C21H25FO9S. The van der Waals surface area contributed by atoms with Gasteiger partial charge in [-0.25, -0.2) is 4.39 Å². The highest BCUT2D eigenvalue weighted by Gasteiger charge is 2.52. The monoisotopic (exact) mass is 472 g/mol. The maximum absolute atomic E-state index is 14.1. The van der Waals surface area contributed by atoms with Gasteiger partial charge in [0.1, 0.15) is 24.0 Å². The second kappa shape index (κ2) is 11.8. The fraction of sp³-hybridized carbons (Fsp3) is 0.524. The van der Waals surface area contributed by atoms with E-state index in [1.165, 1.54) is 13.0 Å². The summed E-state index contributed by atoms with van der Waals surface area (Å²) in [6, 6.07) is 6.13. The van der Waals surface area contributed by atoms with Gasteiger partial charge in [0.05, 0.1) is 0 Å². The lowest BCUT2D eigenvalue weighted by Crippen LogP contribution is -2.61. The maximum atomic E-state index is 14.1. The molecule has 0 bridgehead atoms. The van der Waals surface area contributed by atoms with Crippen LogP contribution in [0.4, 0.5) is 4.39 Å². The molecule has 1 aromatic rings. The molecule has 11 heteroatoms. The molecule has 0 amide bonds. The van der Waals surface area contributed by atoms with Crippen LogP contribution in [0.5, 0.6) is 0 Å². The molecule has 1 fully saturated rings. The Morgan fingerprint density at radius 1 is 0.875 bits per heavy atom. The van der Waals surface area contributed by atoms with Crippen molar-refractivity contribution < 1.29 is 47.3 Å². The summed E-state index contributed by atoms with van der Waals surface area (Å²) in [5.74, 6) is -2.99. The molecule has 2 rings (SSSR count). The third kappa shape index (κ3) is 7.49. The number of thioether (sulfide) groups is 1. The number of esters is 4. The fourth-order valence-electron chi connectivity index (χ4n) is 3.11. The van der Waals surface area contributed by atoms with Gasteiger partial charge < -0.3 is 23.7 Å². The lowest BCUT2D eigenvalue weighted by atomic mass is 9.99. The van der Waals surface area contributed by atoms with E-state index in [1.54, 1.807) is 18.2 Å². The Hall–Kier alpha value is -2.66. The van der Waals surface area contributed by atoms with Gasteiger partial charge in [-0.15, -0.1) is 11.8 Å². The molecule has 0 aromatic heterocycles. The summed E-state index contributed by atoms with van der Waals surface area (Å²) < 4.78 is 41.1. The van der Waals surface area contributed by atoms with Gasteiger partial charge in [0, 0.05) is 33.4 Å². The van der Waals surface area contributed by atoms with Crippen LogP contribution in [0.1, 0.15) is 33.3 Å². The van der Waals surface area contributed by atoms with Crippen LogP contribution in [0.15, 0.2) is 24.3 Å². The first-order valence-corrected chi connectivity index (χ1v) is 10.8. The van der Waals surface area contributed by atoms with Crippen LogP contribution in [0, 0.1) is 5.82 Å². The maximum Gasteiger partial charge on any atom is 0.303 e. The van der Waals surface area contributed by atoms with Crippen LogP contribution >= 0.6 is 11.8 Å². The summed E-state index contributed by atoms with van der Waals surface area (Å²) in [4.78, 5) is 46.6. The zero-order valence-electron chi connectivity index (χ0n) is 18.1.